The van der Waals surface area contributed by atoms with Gasteiger partial charge in [-0.1, -0.05) is 24.3 Å². The summed E-state index contributed by atoms with van der Waals surface area (Å²) in [5, 5.41) is 4.00. The number of nitrogens with one attached hydrogen (secondary N) is 1. The molecule has 0 amide bonds. The van der Waals surface area contributed by atoms with Gasteiger partial charge in [-0.15, -0.1) is 0 Å². The Balaban J connectivity index is 1.59. The SMILES string of the molecule is Clc1ccc(CNC2CCc3ccccc3C2)o1. The maximum absolute atomic E-state index is 5.75. The van der Waals surface area contributed by atoms with Crippen LogP contribution in [0.15, 0.2) is 40.8 Å². The summed E-state index contributed by atoms with van der Waals surface area (Å²) in [7, 11) is 0. The summed E-state index contributed by atoms with van der Waals surface area (Å²) in [6.45, 7) is 0.750. The van der Waals surface area contributed by atoms with Crippen molar-refractivity contribution in [1.29, 1.82) is 0 Å². The molecule has 0 fully saturated rings. The number of aryl methyl sites for hydroxylation is 1. The topological polar surface area (TPSA) is 25.2 Å². The second-order valence-electron chi connectivity index (χ2n) is 4.80. The normalized spacial score (nSPS) is 18.6. The van der Waals surface area contributed by atoms with E-state index in [9.17, 15) is 0 Å². The van der Waals surface area contributed by atoms with Gasteiger partial charge in [-0.05, 0) is 54.1 Å². The van der Waals surface area contributed by atoms with E-state index < -0.39 is 0 Å². The van der Waals surface area contributed by atoms with E-state index >= 15 is 0 Å². The summed E-state index contributed by atoms with van der Waals surface area (Å²) in [6, 6.07) is 12.9. The Kier molecular flexibility index (Phi) is 3.39. The summed E-state index contributed by atoms with van der Waals surface area (Å²) in [5.41, 5.74) is 2.97. The molecule has 0 radical (unpaired) electrons. The number of hydrogen-bond acceptors (Lipinski definition) is 2. The second-order valence-corrected chi connectivity index (χ2v) is 5.17. The third-order valence-corrected chi connectivity index (χ3v) is 3.74. The van der Waals surface area contributed by atoms with Crippen LogP contribution in [0, 0.1) is 0 Å². The Hall–Kier alpha value is -1.25. The van der Waals surface area contributed by atoms with Gasteiger partial charge in [-0.25, -0.2) is 0 Å². The summed E-state index contributed by atoms with van der Waals surface area (Å²) in [4.78, 5) is 0. The third kappa shape index (κ3) is 2.60. The lowest BCUT2D eigenvalue weighted by atomic mass is 9.88. The number of fused-ring (bicyclic) bond motifs is 1. The Morgan fingerprint density at radius 3 is 2.78 bits per heavy atom. The van der Waals surface area contributed by atoms with Crippen molar-refractivity contribution in [2.45, 2.75) is 31.8 Å². The lowest BCUT2D eigenvalue weighted by Gasteiger charge is -2.25. The maximum Gasteiger partial charge on any atom is 0.193 e. The Morgan fingerprint density at radius 1 is 1.17 bits per heavy atom. The molecule has 1 aromatic heterocycles. The van der Waals surface area contributed by atoms with Crippen molar-refractivity contribution >= 4 is 11.6 Å². The van der Waals surface area contributed by atoms with Crippen molar-refractivity contribution in [3.63, 3.8) is 0 Å². The second kappa shape index (κ2) is 5.17. The zero-order valence-electron chi connectivity index (χ0n) is 10.2. The minimum Gasteiger partial charge on any atom is -0.448 e. The Bertz CT molecular complexity index is 535. The van der Waals surface area contributed by atoms with Gasteiger partial charge in [0.2, 0.25) is 0 Å². The van der Waals surface area contributed by atoms with E-state index in [4.69, 9.17) is 16.0 Å². The minimum absolute atomic E-state index is 0.459. The van der Waals surface area contributed by atoms with Gasteiger partial charge in [0.1, 0.15) is 5.76 Å². The van der Waals surface area contributed by atoms with Crippen molar-refractivity contribution in [3.8, 4) is 0 Å². The number of halogens is 1. The zero-order chi connectivity index (χ0) is 12.4. The van der Waals surface area contributed by atoms with Crippen molar-refractivity contribution in [2.24, 2.45) is 0 Å². The number of furan rings is 1. The molecule has 2 nitrogen and oxygen atoms in total. The molecule has 94 valence electrons. The highest BCUT2D eigenvalue weighted by molar-refractivity contribution is 6.28. The van der Waals surface area contributed by atoms with Crippen LogP contribution in [0.1, 0.15) is 23.3 Å². The first kappa shape index (κ1) is 11.8. The molecule has 0 saturated carbocycles. The van der Waals surface area contributed by atoms with E-state index in [1.54, 1.807) is 6.07 Å². The summed E-state index contributed by atoms with van der Waals surface area (Å²) < 4.78 is 5.35. The first-order chi connectivity index (χ1) is 8.81. The molecule has 0 aliphatic heterocycles. The van der Waals surface area contributed by atoms with Gasteiger partial charge >= 0.3 is 0 Å². The van der Waals surface area contributed by atoms with Crippen LogP contribution in [0.25, 0.3) is 0 Å². The van der Waals surface area contributed by atoms with Crippen LogP contribution in [0.5, 0.6) is 0 Å². The quantitative estimate of drug-likeness (QED) is 0.914. The van der Waals surface area contributed by atoms with Gasteiger partial charge in [0, 0.05) is 6.04 Å². The molecule has 3 rings (SSSR count). The molecule has 1 N–H and O–H groups in total. The Morgan fingerprint density at radius 2 is 2.00 bits per heavy atom. The van der Waals surface area contributed by atoms with Crippen LogP contribution in [0.3, 0.4) is 0 Å². The molecule has 1 aromatic carbocycles. The van der Waals surface area contributed by atoms with E-state index in [0.717, 1.165) is 25.1 Å². The van der Waals surface area contributed by atoms with Gasteiger partial charge in [-0.2, -0.15) is 0 Å². The van der Waals surface area contributed by atoms with Crippen LogP contribution in [0.2, 0.25) is 5.22 Å². The zero-order valence-corrected chi connectivity index (χ0v) is 10.9. The van der Waals surface area contributed by atoms with E-state index in [1.807, 2.05) is 6.07 Å². The van der Waals surface area contributed by atoms with Crippen molar-refractivity contribution in [2.75, 3.05) is 0 Å². The monoisotopic (exact) mass is 261 g/mol. The van der Waals surface area contributed by atoms with Crippen LogP contribution >= 0.6 is 11.6 Å². The molecule has 0 spiro atoms. The molecular formula is C15H16ClNO. The molecule has 1 unspecified atom stereocenters. The van der Waals surface area contributed by atoms with Crippen LogP contribution in [-0.4, -0.2) is 6.04 Å². The molecule has 18 heavy (non-hydrogen) atoms. The van der Waals surface area contributed by atoms with E-state index in [0.29, 0.717) is 11.3 Å². The highest BCUT2D eigenvalue weighted by Gasteiger charge is 2.17. The largest absolute Gasteiger partial charge is 0.448 e. The van der Waals surface area contributed by atoms with Crippen molar-refractivity contribution < 1.29 is 4.42 Å². The Labute approximate surface area is 112 Å². The van der Waals surface area contributed by atoms with E-state index in [1.165, 1.54) is 17.5 Å². The van der Waals surface area contributed by atoms with Gasteiger partial charge in [0.05, 0.1) is 6.54 Å². The molecule has 0 saturated heterocycles. The van der Waals surface area contributed by atoms with Gasteiger partial charge in [-0.3, -0.25) is 0 Å². The molecule has 3 heteroatoms. The van der Waals surface area contributed by atoms with Crippen molar-refractivity contribution in [3.05, 3.63) is 58.5 Å². The smallest absolute Gasteiger partial charge is 0.193 e. The average molecular weight is 262 g/mol. The van der Waals surface area contributed by atoms with Gasteiger partial charge < -0.3 is 9.73 Å². The fourth-order valence-electron chi connectivity index (χ4n) is 2.56. The van der Waals surface area contributed by atoms with Gasteiger partial charge in [0.15, 0.2) is 5.22 Å². The standard InChI is InChI=1S/C15H16ClNO/c16-15-8-7-14(18-15)10-17-13-6-5-11-3-1-2-4-12(11)9-13/h1-4,7-8,13,17H,5-6,9-10H2. The molecular weight excluding hydrogens is 246 g/mol. The third-order valence-electron chi connectivity index (χ3n) is 3.54. The lowest BCUT2D eigenvalue weighted by molar-refractivity contribution is 0.416. The molecule has 2 aromatic rings. The minimum atomic E-state index is 0.459. The molecule has 1 atom stereocenters. The lowest BCUT2D eigenvalue weighted by Crippen LogP contribution is -2.33. The predicted octanol–water partition coefficient (Wildman–Crippen LogP) is 3.58. The van der Waals surface area contributed by atoms with E-state index in [-0.39, 0.29) is 0 Å². The summed E-state index contributed by atoms with van der Waals surface area (Å²) in [5.74, 6) is 0.902. The van der Waals surface area contributed by atoms with Crippen LogP contribution in [-0.2, 0) is 19.4 Å². The maximum atomic E-state index is 5.75. The molecule has 0 bridgehead atoms. The highest BCUT2D eigenvalue weighted by atomic mass is 35.5. The number of hydrogen-bond donors (Lipinski definition) is 1. The first-order valence-corrected chi connectivity index (χ1v) is 6.73. The van der Waals surface area contributed by atoms with Crippen LogP contribution < -0.4 is 5.32 Å². The predicted molar refractivity (Wildman–Crippen MR) is 72.8 cm³/mol. The summed E-state index contributed by atoms with van der Waals surface area (Å²) in [6.07, 6.45) is 3.45. The average Bonchev–Trinajstić information content (AvgIpc) is 2.82. The van der Waals surface area contributed by atoms with Gasteiger partial charge in [0.25, 0.3) is 0 Å². The first-order valence-electron chi connectivity index (χ1n) is 6.35. The van der Waals surface area contributed by atoms with Crippen LogP contribution in [0.4, 0.5) is 0 Å². The molecule has 1 aliphatic carbocycles. The summed E-state index contributed by atoms with van der Waals surface area (Å²) >= 11 is 5.75. The van der Waals surface area contributed by atoms with E-state index in [2.05, 4.69) is 29.6 Å². The van der Waals surface area contributed by atoms with Crippen molar-refractivity contribution in [1.82, 2.24) is 5.32 Å². The number of rotatable bonds is 3. The fraction of sp³-hybridized carbons (Fsp3) is 0.333. The highest BCUT2D eigenvalue weighted by Crippen LogP contribution is 2.21. The number of benzene rings is 1. The molecule has 1 heterocycles. The fourth-order valence-corrected chi connectivity index (χ4v) is 2.73. The molecule has 1 aliphatic rings.